The Morgan fingerprint density at radius 1 is 1.12 bits per heavy atom. The number of hydrogen-bond acceptors (Lipinski definition) is 3. The third-order valence-electron chi connectivity index (χ3n) is 4.17. The van der Waals surface area contributed by atoms with Gasteiger partial charge >= 0.3 is 6.36 Å². The van der Waals surface area contributed by atoms with Crippen LogP contribution < -0.4 is 9.16 Å². The second-order valence-corrected chi connectivity index (χ2v) is 12.1. The van der Waals surface area contributed by atoms with Crippen molar-refractivity contribution in [3.05, 3.63) is 23.8 Å². The van der Waals surface area contributed by atoms with E-state index >= 15 is 0 Å². The maximum Gasteiger partial charge on any atom is 0.573 e. The maximum absolute atomic E-state index is 12.7. The van der Waals surface area contributed by atoms with Crippen molar-refractivity contribution in [2.45, 2.75) is 65.0 Å². The maximum atomic E-state index is 12.7. The van der Waals surface area contributed by atoms with Crippen LogP contribution in [0.5, 0.6) is 11.5 Å². The number of alkyl halides is 3. The Morgan fingerprint density at radius 3 is 2.17 bits per heavy atom. The van der Waals surface area contributed by atoms with Crippen molar-refractivity contribution in [2.75, 3.05) is 0 Å². The van der Waals surface area contributed by atoms with Crippen LogP contribution in [0.4, 0.5) is 13.2 Å². The Labute approximate surface area is 142 Å². The molecule has 0 heterocycles. The summed E-state index contributed by atoms with van der Waals surface area (Å²) in [4.78, 5) is 11.1. The Bertz CT molecular complexity index is 590. The van der Waals surface area contributed by atoms with Crippen LogP contribution in [0.15, 0.2) is 18.2 Å². The van der Waals surface area contributed by atoms with Gasteiger partial charge in [0.15, 0.2) is 5.75 Å². The van der Waals surface area contributed by atoms with Gasteiger partial charge in [0, 0.05) is 6.42 Å². The number of ketones is 1. The summed E-state index contributed by atoms with van der Waals surface area (Å²) in [6.45, 7) is 11.4. The molecule has 0 aliphatic carbocycles. The molecular formula is C17H25F3O3Si. The fourth-order valence-electron chi connectivity index (χ4n) is 1.75. The van der Waals surface area contributed by atoms with E-state index in [9.17, 15) is 18.0 Å². The van der Waals surface area contributed by atoms with E-state index in [1.165, 1.54) is 19.1 Å². The van der Waals surface area contributed by atoms with Crippen molar-refractivity contribution in [1.82, 2.24) is 0 Å². The minimum absolute atomic E-state index is 0.0186. The molecule has 0 unspecified atom stereocenters. The molecule has 136 valence electrons. The summed E-state index contributed by atoms with van der Waals surface area (Å²) < 4.78 is 48.3. The molecule has 3 nitrogen and oxygen atoms in total. The molecule has 0 aliphatic rings. The molecular weight excluding hydrogens is 337 g/mol. The van der Waals surface area contributed by atoms with Crippen molar-refractivity contribution in [3.63, 3.8) is 0 Å². The number of carbonyl (C=O) groups is 1. The predicted molar refractivity (Wildman–Crippen MR) is 90.0 cm³/mol. The van der Waals surface area contributed by atoms with Gasteiger partial charge < -0.3 is 14.0 Å². The number of aryl methyl sites for hydroxylation is 1. The Balaban J connectivity index is 3.16. The van der Waals surface area contributed by atoms with Crippen LogP contribution in [0.3, 0.4) is 0 Å². The molecule has 0 N–H and O–H groups in total. The van der Waals surface area contributed by atoms with Gasteiger partial charge in [0.05, 0.1) is 0 Å². The standard InChI is InChI=1S/C17H25F3O3Si/c1-12(21)7-8-13-9-10-14(15(11-13)22-17(18,19)20)23-24(5,6)16(2,3)4/h9-11H,7-8H2,1-6H3. The number of hydrogen-bond donors (Lipinski definition) is 0. The lowest BCUT2D eigenvalue weighted by molar-refractivity contribution is -0.275. The lowest BCUT2D eigenvalue weighted by Gasteiger charge is -2.36. The van der Waals surface area contributed by atoms with Crippen molar-refractivity contribution >= 4 is 14.1 Å². The van der Waals surface area contributed by atoms with E-state index in [2.05, 4.69) is 4.74 Å². The van der Waals surface area contributed by atoms with Crippen molar-refractivity contribution in [2.24, 2.45) is 0 Å². The zero-order valence-electron chi connectivity index (χ0n) is 15.0. The van der Waals surface area contributed by atoms with E-state index in [0.29, 0.717) is 12.0 Å². The third kappa shape index (κ3) is 6.18. The first-order valence-electron chi connectivity index (χ1n) is 7.78. The molecule has 0 atom stereocenters. The molecule has 0 spiro atoms. The van der Waals surface area contributed by atoms with Gasteiger partial charge in [-0.3, -0.25) is 0 Å². The number of rotatable bonds is 6. The second kappa shape index (κ2) is 7.17. The Kier molecular flexibility index (Phi) is 6.13. The average molecular weight is 362 g/mol. The van der Waals surface area contributed by atoms with E-state index in [4.69, 9.17) is 4.43 Å². The van der Waals surface area contributed by atoms with E-state index in [1.54, 1.807) is 6.07 Å². The van der Waals surface area contributed by atoms with Crippen molar-refractivity contribution < 1.29 is 27.1 Å². The number of ether oxygens (including phenoxy) is 1. The molecule has 0 aliphatic heterocycles. The van der Waals surface area contributed by atoms with Crippen LogP contribution >= 0.6 is 0 Å². The summed E-state index contributed by atoms with van der Waals surface area (Å²) in [7, 11) is -2.31. The number of benzene rings is 1. The third-order valence-corrected chi connectivity index (χ3v) is 8.51. The SMILES string of the molecule is CC(=O)CCc1ccc(O[Si](C)(C)C(C)(C)C)c(OC(F)(F)F)c1. The Hall–Kier alpha value is -1.50. The highest BCUT2D eigenvalue weighted by Crippen LogP contribution is 2.41. The molecule has 0 radical (unpaired) electrons. The smallest absolute Gasteiger partial charge is 0.541 e. The van der Waals surface area contributed by atoms with Gasteiger partial charge in [-0.25, -0.2) is 0 Å². The highest BCUT2D eigenvalue weighted by molar-refractivity contribution is 6.74. The fraction of sp³-hybridized carbons (Fsp3) is 0.588. The van der Waals surface area contributed by atoms with Crippen molar-refractivity contribution in [3.8, 4) is 11.5 Å². The molecule has 1 aromatic carbocycles. The normalized spacial score (nSPS) is 12.9. The molecule has 0 aromatic heterocycles. The van der Waals surface area contributed by atoms with Crippen LogP contribution in [0.1, 0.15) is 39.7 Å². The summed E-state index contributed by atoms with van der Waals surface area (Å²) in [5.74, 6) is -0.284. The molecule has 0 amide bonds. The average Bonchev–Trinajstić information content (AvgIpc) is 2.35. The summed E-state index contributed by atoms with van der Waals surface area (Å²) in [5.41, 5.74) is 0.604. The molecule has 1 aromatic rings. The molecule has 7 heteroatoms. The highest BCUT2D eigenvalue weighted by Gasteiger charge is 2.40. The predicted octanol–water partition coefficient (Wildman–Crippen LogP) is 5.49. The molecule has 1 rings (SSSR count). The van der Waals surface area contributed by atoms with Crippen molar-refractivity contribution in [1.29, 1.82) is 0 Å². The van der Waals surface area contributed by atoms with Gasteiger partial charge in [0.1, 0.15) is 11.5 Å². The molecule has 0 saturated carbocycles. The lowest BCUT2D eigenvalue weighted by atomic mass is 10.1. The van der Waals surface area contributed by atoms with Gasteiger partial charge in [-0.2, -0.15) is 0 Å². The zero-order valence-corrected chi connectivity index (χ0v) is 16.0. The first-order chi connectivity index (χ1) is 10.7. The largest absolute Gasteiger partial charge is 0.573 e. The van der Waals surface area contributed by atoms with Gasteiger partial charge in [0.2, 0.25) is 0 Å². The van der Waals surface area contributed by atoms with E-state index < -0.39 is 14.7 Å². The molecule has 0 bridgehead atoms. The summed E-state index contributed by atoms with van der Waals surface area (Å²) in [5, 5.41) is -0.157. The lowest BCUT2D eigenvalue weighted by Crippen LogP contribution is -2.44. The van der Waals surface area contributed by atoms with Crippen LogP contribution in [0, 0.1) is 0 Å². The first kappa shape index (κ1) is 20.5. The minimum atomic E-state index is -4.80. The second-order valence-electron chi connectivity index (χ2n) is 7.39. The molecule has 24 heavy (non-hydrogen) atoms. The van der Waals surface area contributed by atoms with Crippen LogP contribution in [-0.2, 0) is 11.2 Å². The summed E-state index contributed by atoms with van der Waals surface area (Å²) >= 11 is 0. The number of Topliss-reactive ketones (excluding diaryl/α,β-unsaturated/α-hetero) is 1. The van der Waals surface area contributed by atoms with Crippen LogP contribution in [0.25, 0.3) is 0 Å². The first-order valence-corrected chi connectivity index (χ1v) is 10.7. The van der Waals surface area contributed by atoms with E-state index in [0.717, 1.165) is 0 Å². The quantitative estimate of drug-likeness (QED) is 0.628. The number of carbonyl (C=O) groups excluding carboxylic acids is 1. The van der Waals surface area contributed by atoms with Gasteiger partial charge in [-0.1, -0.05) is 26.8 Å². The van der Waals surface area contributed by atoms with Gasteiger partial charge in [0.25, 0.3) is 8.32 Å². The molecule has 0 fully saturated rings. The van der Waals surface area contributed by atoms with E-state index in [-0.39, 0.29) is 28.7 Å². The Morgan fingerprint density at radius 2 is 1.71 bits per heavy atom. The van der Waals surface area contributed by atoms with Gasteiger partial charge in [-0.05, 0) is 49.2 Å². The minimum Gasteiger partial charge on any atom is -0.541 e. The summed E-state index contributed by atoms with van der Waals surface area (Å²) in [6, 6.07) is 4.48. The van der Waals surface area contributed by atoms with E-state index in [1.807, 2.05) is 33.9 Å². The fourth-order valence-corrected chi connectivity index (χ4v) is 2.77. The monoisotopic (exact) mass is 362 g/mol. The molecule has 0 saturated heterocycles. The topological polar surface area (TPSA) is 35.5 Å². The zero-order chi connectivity index (χ0) is 18.8. The van der Waals surface area contributed by atoms with Gasteiger partial charge in [-0.15, -0.1) is 13.2 Å². The van der Waals surface area contributed by atoms with Crippen LogP contribution in [-0.4, -0.2) is 20.5 Å². The van der Waals surface area contributed by atoms with Crippen LogP contribution in [0.2, 0.25) is 18.1 Å². The highest BCUT2D eigenvalue weighted by atomic mass is 28.4. The summed E-state index contributed by atoms with van der Waals surface area (Å²) in [6.07, 6.45) is -4.16. The number of halogens is 3.